The average molecular weight is 345 g/mol. The molecule has 0 unspecified atom stereocenters. The molecule has 3 N–H and O–H groups in total. The molecule has 0 saturated heterocycles. The number of nitrogens with zero attached hydrogens (tertiary/aromatic N) is 3. The lowest BCUT2D eigenvalue weighted by Gasteiger charge is -2.02. The van der Waals surface area contributed by atoms with E-state index in [4.69, 9.17) is 20.6 Å². The zero-order chi connectivity index (χ0) is 19.0. The average Bonchev–Trinajstić information content (AvgIpc) is 2.97. The van der Waals surface area contributed by atoms with Crippen molar-refractivity contribution in [2.45, 2.75) is 19.9 Å². The van der Waals surface area contributed by atoms with Crippen LogP contribution >= 0.6 is 0 Å². The third kappa shape index (κ3) is 5.47. The molecule has 0 fully saturated rings. The van der Waals surface area contributed by atoms with E-state index in [1.807, 2.05) is 17.7 Å². The highest BCUT2D eigenvalue weighted by Gasteiger charge is 2.17. The number of carboxylic acid groups (broad SMARTS) is 3. The van der Waals surface area contributed by atoms with Crippen molar-refractivity contribution in [2.24, 2.45) is 0 Å². The Balaban J connectivity index is 0.000000271. The van der Waals surface area contributed by atoms with E-state index in [0.29, 0.717) is 6.42 Å². The van der Waals surface area contributed by atoms with E-state index in [2.05, 4.69) is 11.1 Å². The number of nitriles is 1. The van der Waals surface area contributed by atoms with Crippen LogP contribution in [0.25, 0.3) is 0 Å². The molecule has 130 valence electrons. The number of carboxylic acids is 3. The lowest BCUT2D eigenvalue weighted by atomic mass is 10.0. The second-order valence-electron chi connectivity index (χ2n) is 4.75. The van der Waals surface area contributed by atoms with Crippen molar-refractivity contribution in [3.05, 3.63) is 53.1 Å². The monoisotopic (exact) mass is 345 g/mol. The fraction of sp³-hybridized carbons (Fsp3) is 0.188. The number of carbonyl (C=O) groups is 3. The first-order valence-corrected chi connectivity index (χ1v) is 6.96. The van der Waals surface area contributed by atoms with Gasteiger partial charge in [-0.25, -0.2) is 19.4 Å². The molecule has 0 bridgehead atoms. The second kappa shape index (κ2) is 8.83. The van der Waals surface area contributed by atoms with Crippen molar-refractivity contribution in [1.29, 1.82) is 5.26 Å². The smallest absolute Gasteiger partial charge is 0.336 e. The van der Waals surface area contributed by atoms with Gasteiger partial charge in [0, 0.05) is 18.9 Å². The van der Waals surface area contributed by atoms with Gasteiger partial charge >= 0.3 is 17.9 Å². The molecule has 1 heterocycles. The van der Waals surface area contributed by atoms with E-state index in [1.165, 1.54) is 0 Å². The quantitative estimate of drug-likeness (QED) is 0.742. The molecule has 0 aliphatic heterocycles. The maximum Gasteiger partial charge on any atom is 0.336 e. The minimum absolute atomic E-state index is 0.266. The van der Waals surface area contributed by atoms with E-state index in [-0.39, 0.29) is 5.56 Å². The van der Waals surface area contributed by atoms with Crippen LogP contribution in [0, 0.1) is 18.3 Å². The van der Waals surface area contributed by atoms with Gasteiger partial charge in [0.25, 0.3) is 0 Å². The Morgan fingerprint density at radius 2 is 1.76 bits per heavy atom. The lowest BCUT2D eigenvalue weighted by Crippen LogP contribution is -2.10. The first kappa shape index (κ1) is 19.4. The molecule has 9 heteroatoms. The molecule has 2 aromatic rings. The summed E-state index contributed by atoms with van der Waals surface area (Å²) in [5.74, 6) is -3.23. The topological polar surface area (TPSA) is 154 Å². The number of hydrogen-bond acceptors (Lipinski definition) is 5. The van der Waals surface area contributed by atoms with Gasteiger partial charge in [-0.2, -0.15) is 5.26 Å². The summed E-state index contributed by atoms with van der Waals surface area (Å²) in [5.41, 5.74) is -1.24. The van der Waals surface area contributed by atoms with Crippen molar-refractivity contribution < 1.29 is 29.7 Å². The van der Waals surface area contributed by atoms with Crippen molar-refractivity contribution >= 4 is 17.9 Å². The molecule has 25 heavy (non-hydrogen) atoms. The van der Waals surface area contributed by atoms with Gasteiger partial charge in [0.05, 0.1) is 29.2 Å². The van der Waals surface area contributed by atoms with Gasteiger partial charge in [0.1, 0.15) is 5.82 Å². The zero-order valence-electron chi connectivity index (χ0n) is 13.2. The fourth-order valence-corrected chi connectivity index (χ4v) is 1.85. The molecule has 0 radical (unpaired) electrons. The van der Waals surface area contributed by atoms with E-state index < -0.39 is 29.0 Å². The van der Waals surface area contributed by atoms with Crippen LogP contribution in [0.1, 0.15) is 43.3 Å². The first-order chi connectivity index (χ1) is 11.8. The second-order valence-corrected chi connectivity index (χ2v) is 4.75. The van der Waals surface area contributed by atoms with Crippen LogP contribution in [0.4, 0.5) is 0 Å². The number of aryl methyl sites for hydroxylation is 2. The van der Waals surface area contributed by atoms with Crippen LogP contribution in [0.2, 0.25) is 0 Å². The molecule has 0 atom stereocenters. The minimum atomic E-state index is -1.48. The van der Waals surface area contributed by atoms with Crippen molar-refractivity contribution in [3.63, 3.8) is 0 Å². The van der Waals surface area contributed by atoms with Gasteiger partial charge < -0.3 is 19.9 Å². The molecule has 0 aliphatic carbocycles. The van der Waals surface area contributed by atoms with E-state index in [9.17, 15) is 14.4 Å². The number of benzene rings is 1. The van der Waals surface area contributed by atoms with Crippen LogP contribution in [-0.4, -0.2) is 42.8 Å². The Labute approximate surface area is 142 Å². The third-order valence-electron chi connectivity index (χ3n) is 3.12. The van der Waals surface area contributed by atoms with Gasteiger partial charge in [-0.1, -0.05) is 0 Å². The maximum absolute atomic E-state index is 10.6. The van der Waals surface area contributed by atoms with Gasteiger partial charge in [-0.05, 0) is 25.1 Å². The molecule has 0 saturated carbocycles. The van der Waals surface area contributed by atoms with Gasteiger partial charge in [-0.15, -0.1) is 0 Å². The van der Waals surface area contributed by atoms with Crippen LogP contribution in [-0.2, 0) is 6.54 Å². The first-order valence-electron chi connectivity index (χ1n) is 6.96. The summed E-state index contributed by atoms with van der Waals surface area (Å²) in [6.07, 6.45) is 4.18. The van der Waals surface area contributed by atoms with E-state index >= 15 is 0 Å². The Kier molecular flexibility index (Phi) is 6.84. The predicted molar refractivity (Wildman–Crippen MR) is 84.5 cm³/mol. The molecule has 1 aromatic heterocycles. The number of aromatic carboxylic acids is 3. The number of imidazole rings is 1. The van der Waals surface area contributed by atoms with Crippen molar-refractivity contribution in [2.75, 3.05) is 0 Å². The predicted octanol–water partition coefficient (Wildman–Crippen LogP) is 1.89. The van der Waals surface area contributed by atoms with Crippen LogP contribution < -0.4 is 0 Å². The maximum atomic E-state index is 10.6. The highest BCUT2D eigenvalue weighted by Crippen LogP contribution is 2.12. The summed E-state index contributed by atoms with van der Waals surface area (Å²) >= 11 is 0. The molecule has 9 nitrogen and oxygen atoms in total. The number of rotatable bonds is 5. The third-order valence-corrected chi connectivity index (χ3v) is 3.12. The van der Waals surface area contributed by atoms with Gasteiger partial charge in [0.15, 0.2) is 0 Å². The largest absolute Gasteiger partial charge is 0.478 e. The summed E-state index contributed by atoms with van der Waals surface area (Å²) in [7, 11) is 0. The Morgan fingerprint density at radius 1 is 1.12 bits per heavy atom. The summed E-state index contributed by atoms with van der Waals surface area (Å²) in [6.45, 7) is 2.68. The number of aromatic nitrogens is 2. The summed E-state index contributed by atoms with van der Waals surface area (Å²) in [6, 6.07) is 4.89. The molecular weight excluding hydrogens is 330 g/mol. The Bertz CT molecular complexity index is 835. The number of hydrogen-bond donors (Lipinski definition) is 3. The minimum Gasteiger partial charge on any atom is -0.478 e. The summed E-state index contributed by atoms with van der Waals surface area (Å²) in [4.78, 5) is 35.8. The molecule has 0 aliphatic rings. The summed E-state index contributed by atoms with van der Waals surface area (Å²) in [5, 5.41) is 34.2. The standard InChI is InChI=1S/C9H6O6.C7H9N3/c10-7(11)4-1-2-5(8(12)13)6(3-4)9(14)15;1-7-9-4-6-10(7)5-2-3-8/h1-3H,(H,10,11)(H,12,13)(H,14,15);4,6H,2,5H2,1H3. The zero-order valence-corrected chi connectivity index (χ0v) is 13.2. The molecule has 1 aromatic carbocycles. The van der Waals surface area contributed by atoms with Crippen LogP contribution in [0.15, 0.2) is 30.6 Å². The van der Waals surface area contributed by atoms with Crippen LogP contribution in [0.3, 0.4) is 0 Å². The normalized spacial score (nSPS) is 9.44. The lowest BCUT2D eigenvalue weighted by molar-refractivity contribution is 0.0649. The van der Waals surface area contributed by atoms with Gasteiger partial charge in [-0.3, -0.25) is 0 Å². The molecule has 0 spiro atoms. The molecule has 2 rings (SSSR count). The van der Waals surface area contributed by atoms with Crippen molar-refractivity contribution in [1.82, 2.24) is 9.55 Å². The highest BCUT2D eigenvalue weighted by atomic mass is 16.4. The molecule has 0 amide bonds. The molecular formula is C16H15N3O6. The Hall–Kier alpha value is -3.67. The van der Waals surface area contributed by atoms with Crippen molar-refractivity contribution in [3.8, 4) is 6.07 Å². The van der Waals surface area contributed by atoms with Crippen LogP contribution in [0.5, 0.6) is 0 Å². The van der Waals surface area contributed by atoms with E-state index in [1.54, 1.807) is 6.20 Å². The van der Waals surface area contributed by atoms with Gasteiger partial charge in [0.2, 0.25) is 0 Å². The summed E-state index contributed by atoms with van der Waals surface area (Å²) < 4.78 is 1.96. The Morgan fingerprint density at radius 3 is 2.20 bits per heavy atom. The fourth-order valence-electron chi connectivity index (χ4n) is 1.85. The van der Waals surface area contributed by atoms with E-state index in [0.717, 1.165) is 30.6 Å². The highest BCUT2D eigenvalue weighted by molar-refractivity contribution is 6.03. The SMILES string of the molecule is Cc1nccn1CCC#N.O=C(O)c1ccc(C(=O)O)c(C(=O)O)c1.